The minimum absolute atomic E-state index is 0.317. The number of hydrogen-bond donors (Lipinski definition) is 4. The van der Waals surface area contributed by atoms with E-state index in [1.165, 1.54) is 0 Å². The highest BCUT2D eigenvalue weighted by Gasteiger charge is 2.27. The van der Waals surface area contributed by atoms with Crippen LogP contribution in [0.3, 0.4) is 0 Å². The normalized spacial score (nSPS) is 11.8. The molecule has 0 unspecified atom stereocenters. The van der Waals surface area contributed by atoms with Crippen molar-refractivity contribution in [1.29, 1.82) is 0 Å². The minimum Gasteiger partial charge on any atom is -0.394 e. The Labute approximate surface area is 110 Å². The molecule has 1 rings (SSSR count). The number of benzene rings is 1. The van der Waals surface area contributed by atoms with E-state index in [9.17, 15) is 0 Å². The second-order valence-corrected chi connectivity index (χ2v) is 4.69. The predicted molar refractivity (Wildman–Crippen MR) is 67.3 cm³/mol. The maximum atomic E-state index is 9.13. The average molecular weight is 280 g/mol. The van der Waals surface area contributed by atoms with Crippen LogP contribution in [0, 0.1) is 0 Å². The van der Waals surface area contributed by atoms with Gasteiger partial charge in [0.2, 0.25) is 0 Å². The van der Waals surface area contributed by atoms with Crippen molar-refractivity contribution in [3.8, 4) is 0 Å². The largest absolute Gasteiger partial charge is 0.394 e. The summed E-state index contributed by atoms with van der Waals surface area (Å²) < 4.78 is 0. The first-order valence-electron chi connectivity index (χ1n) is 5.08. The molecular formula is C11H15Cl2NO3. The van der Waals surface area contributed by atoms with Gasteiger partial charge in [-0.1, -0.05) is 29.3 Å². The van der Waals surface area contributed by atoms with Crippen LogP contribution >= 0.6 is 23.2 Å². The molecule has 0 heterocycles. The van der Waals surface area contributed by atoms with Crippen LogP contribution in [0.15, 0.2) is 18.2 Å². The summed E-state index contributed by atoms with van der Waals surface area (Å²) in [5.41, 5.74) is -0.334. The Bertz CT molecular complexity index is 361. The Morgan fingerprint density at radius 1 is 1.06 bits per heavy atom. The Kier molecular flexibility index (Phi) is 5.66. The molecular weight excluding hydrogens is 265 g/mol. The van der Waals surface area contributed by atoms with Crippen LogP contribution in [0.25, 0.3) is 0 Å². The third-order valence-electron chi connectivity index (χ3n) is 2.58. The first-order chi connectivity index (χ1) is 8.06. The summed E-state index contributed by atoms with van der Waals surface area (Å²) in [6.07, 6.45) is 0. The van der Waals surface area contributed by atoms with Gasteiger partial charge in [-0.25, -0.2) is 0 Å². The first-order valence-corrected chi connectivity index (χ1v) is 5.84. The molecule has 4 nitrogen and oxygen atoms in total. The molecule has 0 aromatic heterocycles. The van der Waals surface area contributed by atoms with E-state index in [-0.39, 0.29) is 19.8 Å². The number of aliphatic hydroxyl groups is 3. The van der Waals surface area contributed by atoms with Crippen molar-refractivity contribution in [1.82, 2.24) is 5.32 Å². The van der Waals surface area contributed by atoms with Crippen LogP contribution in [0.2, 0.25) is 10.0 Å². The lowest BCUT2D eigenvalue weighted by Gasteiger charge is -2.29. The highest BCUT2D eigenvalue weighted by atomic mass is 35.5. The van der Waals surface area contributed by atoms with Crippen molar-refractivity contribution < 1.29 is 15.3 Å². The molecule has 1 aromatic rings. The first kappa shape index (κ1) is 14.7. The Balaban J connectivity index is 2.72. The van der Waals surface area contributed by atoms with Gasteiger partial charge in [0.05, 0.1) is 25.4 Å². The van der Waals surface area contributed by atoms with Crippen molar-refractivity contribution >= 4 is 23.2 Å². The molecule has 0 fully saturated rings. The Hall–Kier alpha value is -0.360. The van der Waals surface area contributed by atoms with Crippen LogP contribution in [-0.4, -0.2) is 40.7 Å². The zero-order valence-electron chi connectivity index (χ0n) is 9.16. The molecule has 0 aliphatic rings. The number of rotatable bonds is 6. The number of aliphatic hydroxyl groups excluding tert-OH is 3. The molecule has 0 saturated carbocycles. The fourth-order valence-electron chi connectivity index (χ4n) is 1.27. The molecule has 96 valence electrons. The van der Waals surface area contributed by atoms with E-state index in [0.29, 0.717) is 16.6 Å². The van der Waals surface area contributed by atoms with Crippen LogP contribution in [-0.2, 0) is 6.54 Å². The molecule has 0 radical (unpaired) electrons. The molecule has 4 N–H and O–H groups in total. The molecule has 0 spiro atoms. The quantitative estimate of drug-likeness (QED) is 0.622. The van der Waals surface area contributed by atoms with Crippen molar-refractivity contribution in [2.75, 3.05) is 19.8 Å². The van der Waals surface area contributed by atoms with Gasteiger partial charge >= 0.3 is 0 Å². The third-order valence-corrected chi connectivity index (χ3v) is 3.16. The predicted octanol–water partition coefficient (Wildman–Crippen LogP) is 0.799. The van der Waals surface area contributed by atoms with E-state index in [2.05, 4.69) is 5.32 Å². The lowest BCUT2D eigenvalue weighted by atomic mass is 10.0. The zero-order valence-corrected chi connectivity index (χ0v) is 10.7. The van der Waals surface area contributed by atoms with Gasteiger partial charge in [0, 0.05) is 16.6 Å². The van der Waals surface area contributed by atoms with Gasteiger partial charge in [0.15, 0.2) is 0 Å². The van der Waals surface area contributed by atoms with Crippen LogP contribution in [0.4, 0.5) is 0 Å². The maximum absolute atomic E-state index is 9.13. The zero-order chi connectivity index (χ0) is 12.9. The van der Waals surface area contributed by atoms with Crippen molar-refractivity contribution in [3.05, 3.63) is 33.8 Å². The third kappa shape index (κ3) is 3.81. The van der Waals surface area contributed by atoms with Crippen molar-refractivity contribution in [2.24, 2.45) is 0 Å². The van der Waals surface area contributed by atoms with Gasteiger partial charge in [-0.05, 0) is 17.7 Å². The summed E-state index contributed by atoms with van der Waals surface area (Å²) >= 11 is 11.7. The van der Waals surface area contributed by atoms with Crippen molar-refractivity contribution in [3.63, 3.8) is 0 Å². The second-order valence-electron chi connectivity index (χ2n) is 3.84. The van der Waals surface area contributed by atoms with Gasteiger partial charge in [-0.3, -0.25) is 0 Å². The summed E-state index contributed by atoms with van der Waals surface area (Å²) in [4.78, 5) is 0. The molecule has 1 aromatic carbocycles. The van der Waals surface area contributed by atoms with Gasteiger partial charge in [0.1, 0.15) is 0 Å². The fourth-order valence-corrected chi connectivity index (χ4v) is 1.74. The van der Waals surface area contributed by atoms with E-state index >= 15 is 0 Å². The van der Waals surface area contributed by atoms with Gasteiger partial charge < -0.3 is 20.6 Å². The lowest BCUT2D eigenvalue weighted by molar-refractivity contribution is 0.0414. The smallest absolute Gasteiger partial charge is 0.0884 e. The summed E-state index contributed by atoms with van der Waals surface area (Å²) in [7, 11) is 0. The van der Waals surface area contributed by atoms with E-state index in [4.69, 9.17) is 38.5 Å². The standard InChI is InChI=1S/C11H15Cl2NO3/c12-9-2-1-8(10(13)3-9)4-14-11(5-15,6-16)7-17/h1-3,14-17H,4-7H2. The van der Waals surface area contributed by atoms with E-state index in [1.807, 2.05) is 0 Å². The van der Waals surface area contributed by atoms with Gasteiger partial charge in [-0.15, -0.1) is 0 Å². The maximum Gasteiger partial charge on any atom is 0.0884 e. The van der Waals surface area contributed by atoms with Gasteiger partial charge in [0.25, 0.3) is 0 Å². The van der Waals surface area contributed by atoms with E-state index in [1.54, 1.807) is 18.2 Å². The minimum atomic E-state index is -1.11. The van der Waals surface area contributed by atoms with E-state index in [0.717, 1.165) is 5.56 Å². The van der Waals surface area contributed by atoms with Crippen molar-refractivity contribution in [2.45, 2.75) is 12.1 Å². The molecule has 0 aliphatic heterocycles. The van der Waals surface area contributed by atoms with Crippen LogP contribution in [0.1, 0.15) is 5.56 Å². The number of nitrogens with one attached hydrogen (secondary N) is 1. The van der Waals surface area contributed by atoms with Crippen LogP contribution < -0.4 is 5.32 Å². The lowest BCUT2D eigenvalue weighted by Crippen LogP contribution is -2.54. The summed E-state index contributed by atoms with van der Waals surface area (Å²) in [5, 5.41) is 31.3. The average Bonchev–Trinajstić information content (AvgIpc) is 2.33. The molecule has 0 bridgehead atoms. The number of hydrogen-bond acceptors (Lipinski definition) is 4. The topological polar surface area (TPSA) is 72.7 Å². The molecule has 6 heteroatoms. The summed E-state index contributed by atoms with van der Waals surface area (Å²) in [6.45, 7) is -0.792. The molecule has 0 saturated heterocycles. The highest BCUT2D eigenvalue weighted by molar-refractivity contribution is 6.35. The SMILES string of the molecule is OCC(CO)(CO)NCc1ccc(Cl)cc1Cl. The summed E-state index contributed by atoms with van der Waals surface area (Å²) in [5.74, 6) is 0. The van der Waals surface area contributed by atoms with Crippen LogP contribution in [0.5, 0.6) is 0 Å². The fraction of sp³-hybridized carbons (Fsp3) is 0.455. The Morgan fingerprint density at radius 2 is 1.65 bits per heavy atom. The molecule has 0 amide bonds. The molecule has 0 aliphatic carbocycles. The monoisotopic (exact) mass is 279 g/mol. The van der Waals surface area contributed by atoms with E-state index < -0.39 is 5.54 Å². The number of halogens is 2. The molecule has 17 heavy (non-hydrogen) atoms. The van der Waals surface area contributed by atoms with Gasteiger partial charge in [-0.2, -0.15) is 0 Å². The molecule has 0 atom stereocenters. The summed E-state index contributed by atoms with van der Waals surface area (Å²) in [6, 6.07) is 5.05. The second kappa shape index (κ2) is 6.54. The Morgan fingerprint density at radius 3 is 2.12 bits per heavy atom. The highest BCUT2D eigenvalue weighted by Crippen LogP contribution is 2.21.